The second kappa shape index (κ2) is 5.05. The monoisotopic (exact) mass is 225 g/mol. The lowest BCUT2D eigenvalue weighted by atomic mass is 9.70. The van der Waals surface area contributed by atoms with Gasteiger partial charge in [-0.25, -0.2) is 0 Å². The van der Waals surface area contributed by atoms with Crippen LogP contribution in [0, 0.1) is 11.3 Å². The molecule has 1 N–H and O–H groups in total. The Morgan fingerprint density at radius 1 is 1.38 bits per heavy atom. The Kier molecular flexibility index (Phi) is 3.91. The van der Waals surface area contributed by atoms with Crippen molar-refractivity contribution in [1.29, 1.82) is 0 Å². The summed E-state index contributed by atoms with van der Waals surface area (Å²) in [6.45, 7) is 9.10. The van der Waals surface area contributed by atoms with Gasteiger partial charge in [0.2, 0.25) is 0 Å². The quantitative estimate of drug-likeness (QED) is 0.794. The van der Waals surface area contributed by atoms with Gasteiger partial charge in [-0.3, -0.25) is 0 Å². The van der Waals surface area contributed by atoms with E-state index in [1.165, 1.54) is 38.6 Å². The Bertz CT molecular complexity index is 223. The van der Waals surface area contributed by atoms with Crippen LogP contribution in [0.25, 0.3) is 0 Å². The number of rotatable bonds is 4. The van der Waals surface area contributed by atoms with Gasteiger partial charge in [-0.2, -0.15) is 0 Å². The molecule has 16 heavy (non-hydrogen) atoms. The zero-order valence-electron chi connectivity index (χ0n) is 11.1. The van der Waals surface area contributed by atoms with Crippen LogP contribution in [0.2, 0.25) is 0 Å². The molecule has 2 heteroatoms. The van der Waals surface area contributed by atoms with Crippen molar-refractivity contribution < 1.29 is 4.74 Å². The number of ether oxygens (including phenoxy) is 1. The second-order valence-electron chi connectivity index (χ2n) is 6.42. The van der Waals surface area contributed by atoms with Crippen molar-refractivity contribution >= 4 is 0 Å². The number of hydrogen-bond acceptors (Lipinski definition) is 2. The molecule has 1 saturated carbocycles. The van der Waals surface area contributed by atoms with Crippen LogP contribution in [0.15, 0.2) is 0 Å². The van der Waals surface area contributed by atoms with Crippen LogP contribution in [0.5, 0.6) is 0 Å². The summed E-state index contributed by atoms with van der Waals surface area (Å²) in [4.78, 5) is 0. The van der Waals surface area contributed by atoms with E-state index in [2.05, 4.69) is 26.1 Å². The molecule has 1 heterocycles. The van der Waals surface area contributed by atoms with Crippen molar-refractivity contribution in [2.24, 2.45) is 11.3 Å². The molecule has 2 nitrogen and oxygen atoms in total. The summed E-state index contributed by atoms with van der Waals surface area (Å²) in [5.74, 6) is 0.656. The van der Waals surface area contributed by atoms with Crippen LogP contribution < -0.4 is 5.32 Å². The molecule has 2 aliphatic rings. The first-order chi connectivity index (χ1) is 7.59. The fourth-order valence-electron chi connectivity index (χ4n) is 2.83. The molecule has 0 spiro atoms. The average Bonchev–Trinajstić information content (AvgIpc) is 2.24. The van der Waals surface area contributed by atoms with Crippen molar-refractivity contribution in [3.05, 3.63) is 0 Å². The van der Waals surface area contributed by atoms with Gasteiger partial charge >= 0.3 is 0 Å². The molecule has 1 aliphatic heterocycles. The van der Waals surface area contributed by atoms with Crippen LogP contribution in [0.1, 0.15) is 52.9 Å². The summed E-state index contributed by atoms with van der Waals surface area (Å²) in [6.07, 6.45) is 7.13. The zero-order valence-corrected chi connectivity index (χ0v) is 11.1. The molecule has 0 aromatic rings. The highest BCUT2D eigenvalue weighted by atomic mass is 16.5. The molecule has 0 amide bonds. The van der Waals surface area contributed by atoms with E-state index in [1.54, 1.807) is 0 Å². The van der Waals surface area contributed by atoms with Crippen LogP contribution in [0.3, 0.4) is 0 Å². The SMILES string of the molecule is CC(C)C1CC(NCC2(C)CCC2)CCO1. The molecular weight excluding hydrogens is 198 g/mol. The summed E-state index contributed by atoms with van der Waals surface area (Å²) in [7, 11) is 0. The average molecular weight is 225 g/mol. The standard InChI is InChI=1S/C14H27NO/c1-11(2)13-9-12(5-8-16-13)15-10-14(3)6-4-7-14/h11-13,15H,4-10H2,1-3H3. The summed E-state index contributed by atoms with van der Waals surface area (Å²) >= 11 is 0. The number of hydrogen-bond donors (Lipinski definition) is 1. The maximum absolute atomic E-state index is 5.80. The third-order valence-corrected chi connectivity index (χ3v) is 4.44. The molecule has 1 saturated heterocycles. The summed E-state index contributed by atoms with van der Waals surface area (Å²) in [6, 6.07) is 0.693. The Hall–Kier alpha value is -0.0800. The van der Waals surface area contributed by atoms with Crippen molar-refractivity contribution in [2.75, 3.05) is 13.2 Å². The van der Waals surface area contributed by atoms with Gasteiger partial charge < -0.3 is 10.1 Å². The topological polar surface area (TPSA) is 21.3 Å². The fourth-order valence-corrected chi connectivity index (χ4v) is 2.83. The highest BCUT2D eigenvalue weighted by molar-refractivity contribution is 4.88. The first kappa shape index (κ1) is 12.4. The van der Waals surface area contributed by atoms with E-state index in [-0.39, 0.29) is 0 Å². The predicted molar refractivity (Wildman–Crippen MR) is 67.6 cm³/mol. The minimum absolute atomic E-state index is 0.473. The normalized spacial score (nSPS) is 33.8. The van der Waals surface area contributed by atoms with E-state index in [4.69, 9.17) is 4.74 Å². The van der Waals surface area contributed by atoms with Gasteiger partial charge in [0.15, 0.2) is 0 Å². The van der Waals surface area contributed by atoms with Crippen molar-refractivity contribution in [1.82, 2.24) is 5.32 Å². The minimum atomic E-state index is 0.473. The van der Waals surface area contributed by atoms with E-state index in [9.17, 15) is 0 Å². The van der Waals surface area contributed by atoms with Gasteiger partial charge in [0.1, 0.15) is 0 Å². The molecular formula is C14H27NO. The molecule has 2 atom stereocenters. The van der Waals surface area contributed by atoms with E-state index >= 15 is 0 Å². The third-order valence-electron chi connectivity index (χ3n) is 4.44. The molecule has 0 bridgehead atoms. The van der Waals surface area contributed by atoms with Crippen LogP contribution in [-0.2, 0) is 4.74 Å². The lowest BCUT2D eigenvalue weighted by Gasteiger charge is -2.41. The molecule has 1 aliphatic carbocycles. The van der Waals surface area contributed by atoms with E-state index < -0.39 is 0 Å². The molecule has 2 rings (SSSR count). The summed E-state index contributed by atoms with van der Waals surface area (Å²) in [5, 5.41) is 3.77. The van der Waals surface area contributed by atoms with Crippen molar-refractivity contribution in [2.45, 2.75) is 65.0 Å². The molecule has 2 fully saturated rings. The highest BCUT2D eigenvalue weighted by Crippen LogP contribution is 2.39. The highest BCUT2D eigenvalue weighted by Gasteiger charge is 2.33. The summed E-state index contributed by atoms with van der Waals surface area (Å²) in [5.41, 5.74) is 0.603. The Morgan fingerprint density at radius 2 is 2.12 bits per heavy atom. The fraction of sp³-hybridized carbons (Fsp3) is 1.00. The van der Waals surface area contributed by atoms with Crippen LogP contribution in [0.4, 0.5) is 0 Å². The van der Waals surface area contributed by atoms with Gasteiger partial charge in [0.05, 0.1) is 6.10 Å². The Morgan fingerprint density at radius 3 is 2.69 bits per heavy atom. The van der Waals surface area contributed by atoms with Gasteiger partial charge in [-0.1, -0.05) is 27.2 Å². The van der Waals surface area contributed by atoms with Gasteiger partial charge in [0.25, 0.3) is 0 Å². The lowest BCUT2D eigenvalue weighted by Crippen LogP contribution is -2.46. The Balaban J connectivity index is 1.72. The summed E-state index contributed by atoms with van der Waals surface area (Å²) < 4.78 is 5.80. The van der Waals surface area contributed by atoms with Crippen LogP contribution >= 0.6 is 0 Å². The molecule has 94 valence electrons. The molecule has 0 radical (unpaired) electrons. The van der Waals surface area contributed by atoms with Crippen molar-refractivity contribution in [3.8, 4) is 0 Å². The van der Waals surface area contributed by atoms with Gasteiger partial charge in [-0.15, -0.1) is 0 Å². The first-order valence-electron chi connectivity index (χ1n) is 6.94. The largest absolute Gasteiger partial charge is 0.378 e. The smallest absolute Gasteiger partial charge is 0.0612 e. The third kappa shape index (κ3) is 2.98. The molecule has 2 unspecified atom stereocenters. The van der Waals surface area contributed by atoms with E-state index in [0.717, 1.165) is 6.61 Å². The van der Waals surface area contributed by atoms with E-state index in [0.29, 0.717) is 23.5 Å². The maximum Gasteiger partial charge on any atom is 0.0612 e. The van der Waals surface area contributed by atoms with Gasteiger partial charge in [-0.05, 0) is 37.0 Å². The maximum atomic E-state index is 5.80. The van der Waals surface area contributed by atoms with E-state index in [1.807, 2.05) is 0 Å². The second-order valence-corrected chi connectivity index (χ2v) is 6.42. The first-order valence-corrected chi connectivity index (χ1v) is 6.94. The van der Waals surface area contributed by atoms with Crippen LogP contribution in [-0.4, -0.2) is 25.3 Å². The Labute approximate surface area is 100 Å². The molecule has 0 aromatic carbocycles. The zero-order chi connectivity index (χ0) is 11.6. The lowest BCUT2D eigenvalue weighted by molar-refractivity contribution is -0.0268. The number of nitrogens with one attached hydrogen (secondary N) is 1. The van der Waals surface area contributed by atoms with Gasteiger partial charge in [0, 0.05) is 19.2 Å². The molecule has 0 aromatic heterocycles. The predicted octanol–water partition coefficient (Wildman–Crippen LogP) is 2.97. The van der Waals surface area contributed by atoms with Crippen molar-refractivity contribution in [3.63, 3.8) is 0 Å². The minimum Gasteiger partial charge on any atom is -0.378 e.